The number of aliphatic hydroxyl groups is 8. The van der Waals surface area contributed by atoms with Crippen molar-refractivity contribution in [1.82, 2.24) is 0 Å². The maximum absolute atomic E-state index is 10.5. The Kier molecular flexibility index (Phi) is 46.0. The van der Waals surface area contributed by atoms with Crippen LogP contribution in [-0.2, 0) is 47.2 Å². The predicted octanol–water partition coefficient (Wildman–Crippen LogP) is 20.1. The van der Waals surface area contributed by atoms with E-state index < -0.39 is 34.3 Å². The molecule has 0 unspecified atom stereocenters. The van der Waals surface area contributed by atoms with E-state index in [9.17, 15) is 40.9 Å². The molecule has 0 bridgehead atoms. The van der Waals surface area contributed by atoms with Crippen LogP contribution in [0.4, 0.5) is 0 Å². The third-order valence-electron chi connectivity index (χ3n) is 24.2. The summed E-state index contributed by atoms with van der Waals surface area (Å²) in [4.78, 5) is 0. The first-order valence-corrected chi connectivity index (χ1v) is 42.4. The minimum Gasteiger partial charge on any atom is -0.393 e. The lowest BCUT2D eigenvalue weighted by molar-refractivity contribution is -0.00363. The van der Waals surface area contributed by atoms with E-state index in [4.69, 9.17) is 16.8 Å². The van der Waals surface area contributed by atoms with Crippen molar-refractivity contribution in [3.05, 3.63) is 215 Å². The van der Waals surface area contributed by atoms with Crippen LogP contribution < -0.4 is 0 Å². The molecular weight excluding hydrogens is 1360 g/mol. The Labute approximate surface area is 646 Å². The van der Waals surface area contributed by atoms with Crippen LogP contribution in [-0.4, -0.2) is 82.1 Å². The van der Waals surface area contributed by atoms with Crippen molar-refractivity contribution in [2.24, 2.45) is 47.3 Å². The fraction of sp³-hybridized carbons (Fsp3) is 0.609. The van der Waals surface area contributed by atoms with Gasteiger partial charge in [-0.1, -0.05) is 299 Å². The van der Waals surface area contributed by atoms with E-state index in [0.717, 1.165) is 47.9 Å². The minimum atomic E-state index is -0.750. The first-order valence-electron chi connectivity index (χ1n) is 41.1. The van der Waals surface area contributed by atoms with Gasteiger partial charge in [0.05, 0.1) is 47.8 Å². The Morgan fingerprint density at radius 2 is 0.481 bits per heavy atom. The number of benzene rings is 6. The monoisotopic (exact) mass is 1500 g/mol. The lowest BCUT2D eigenvalue weighted by atomic mass is 9.82. The van der Waals surface area contributed by atoms with Crippen molar-refractivity contribution >= 4 is 23.1 Å². The number of rotatable bonds is 18. The van der Waals surface area contributed by atoms with Crippen LogP contribution in [0.2, 0.25) is 0 Å². The molecule has 0 saturated heterocycles. The van der Waals surface area contributed by atoms with E-state index in [1.165, 1.54) is 217 Å². The number of aliphatic hydroxyl groups excluding tert-OH is 6. The van der Waals surface area contributed by atoms with Gasteiger partial charge < -0.3 is 40.9 Å². The highest BCUT2D eigenvalue weighted by Crippen LogP contribution is 2.42. The Morgan fingerprint density at radius 3 is 0.708 bits per heavy atom. The molecule has 6 aromatic carbocycles. The molecule has 8 aliphatic carbocycles. The first kappa shape index (κ1) is 91.3. The molecule has 8 N–H and O–H groups in total. The van der Waals surface area contributed by atoms with Crippen LogP contribution in [0.15, 0.2) is 182 Å². The Hall–Kier alpha value is -5.36. The van der Waals surface area contributed by atoms with Gasteiger partial charge in [0.2, 0.25) is 0 Å². The average Bonchev–Trinajstić information content (AvgIpc) is 1.49. The van der Waals surface area contributed by atoms with Gasteiger partial charge in [-0.3, -0.25) is 0 Å². The van der Waals surface area contributed by atoms with Crippen molar-refractivity contribution in [2.45, 2.75) is 307 Å². The predicted molar refractivity (Wildman–Crippen MR) is 433 cm³/mol. The first-order chi connectivity index (χ1) is 51.4. The summed E-state index contributed by atoms with van der Waals surface area (Å²) in [6, 6.07) is 60.7. The molecule has 14 rings (SSSR count). The highest BCUT2D eigenvalue weighted by atomic mass is 32.1. The summed E-state index contributed by atoms with van der Waals surface area (Å²) in [5.41, 5.74) is 5.54. The third-order valence-corrected chi connectivity index (χ3v) is 24.2. The van der Waals surface area contributed by atoms with Crippen molar-refractivity contribution in [2.75, 3.05) is 0 Å². The van der Waals surface area contributed by atoms with Crippen LogP contribution in [0.25, 0.3) is 0 Å². The van der Waals surface area contributed by atoms with Gasteiger partial charge in [0.25, 0.3) is 0 Å². The maximum Gasteiger partial charge on any atom is 0.335 e. The Bertz CT molecular complexity index is 2930. The Balaban J connectivity index is 0.000000216. The smallest absolute Gasteiger partial charge is 0.335 e. The molecule has 6 aromatic rings. The maximum atomic E-state index is 10.5. The molecule has 0 spiro atoms. The van der Waals surface area contributed by atoms with Crippen LogP contribution in [0.5, 0.6) is 0 Å². The number of hydrogen-bond donors (Lipinski definition) is 8. The zero-order valence-corrected chi connectivity index (χ0v) is 66.5. The highest BCUT2D eigenvalue weighted by Gasteiger charge is 2.37. The molecule has 0 amide bonds. The second kappa shape index (κ2) is 53.5. The molecule has 8 aliphatic rings. The second-order valence-electron chi connectivity index (χ2n) is 31.6. The van der Waals surface area contributed by atoms with Gasteiger partial charge in [-0.2, -0.15) is 16.8 Å². The van der Waals surface area contributed by atoms with Gasteiger partial charge >= 0.3 is 23.1 Å². The van der Waals surface area contributed by atoms with Gasteiger partial charge in [0.15, 0.2) is 0 Å². The Morgan fingerprint density at radius 1 is 0.292 bits per heavy atom. The summed E-state index contributed by atoms with van der Waals surface area (Å²) >= 11 is -1.50. The van der Waals surface area contributed by atoms with Crippen molar-refractivity contribution in [3.8, 4) is 0 Å². The molecule has 0 aromatic heterocycles. The van der Waals surface area contributed by atoms with Crippen molar-refractivity contribution < 1.29 is 57.7 Å². The zero-order chi connectivity index (χ0) is 76.6. The lowest BCUT2D eigenvalue weighted by Gasteiger charge is -2.30. The zero-order valence-electron chi connectivity index (χ0n) is 64.9. The van der Waals surface area contributed by atoms with Crippen LogP contribution in [0, 0.1) is 47.3 Å². The SMILES string of the molecule is CC[C@@H](O)C1CCCC1.CC[C@H](O)C1CCCC1.C[C@@](O)(c1ccccc1)C1CCCC1.C[C@](O)(c1ccccc1)C1CCCC1.O=S=O.O=S=O.O[C@@H](Cc1ccccc1)C1CCCC1.O[C@@H](c1ccccc1)C1CCCC1.O[C@H](Cc1ccccc1)C1CCCC1.O[C@H](c1ccccc1)C1CCCC1. The summed E-state index contributed by atoms with van der Waals surface area (Å²) in [5.74, 6) is 4.27. The molecule has 0 aliphatic heterocycles. The third kappa shape index (κ3) is 33.9. The summed E-state index contributed by atoms with van der Waals surface area (Å²) in [7, 11) is 0. The fourth-order valence-electron chi connectivity index (χ4n) is 17.5. The molecular formula is C92H136O12S2. The fourth-order valence-corrected chi connectivity index (χ4v) is 17.5. The number of hydrogen-bond acceptors (Lipinski definition) is 12. The van der Waals surface area contributed by atoms with Crippen LogP contribution in [0.1, 0.15) is 292 Å². The van der Waals surface area contributed by atoms with Gasteiger partial charge in [-0.25, -0.2) is 0 Å². The quantitative estimate of drug-likeness (QED) is 0.0402. The average molecular weight is 1500 g/mol. The molecule has 8 saturated carbocycles. The standard InChI is InChI=1S/4C13H18O.2C12H16O.2C8H16O.2O2S/c2*1-13(14,12-9-5-6-10-12)11-7-3-2-4-8-11;2*14-13(12-8-4-5-9-12)10-11-6-2-1-3-7-11;2*13-12(11-8-4-5-9-11)10-6-2-1-3-7-10;2*1-2-8(9)7-5-3-4-6-7;2*1-3-2/h2*2-4,7-8,12,14H,5-6,9-10H2,1H3;2*1-3,6-7,12-14H,4-5,8-10H2;2*1-3,6-7,11-13H,4-5,8-9H2;2*7-9H,2-6H2,1H3;;/t4*13-;2*12-;2*8-;;/m10101010../s1. The summed E-state index contributed by atoms with van der Waals surface area (Å²) in [6.07, 6.45) is 42.9. The van der Waals surface area contributed by atoms with E-state index in [1.54, 1.807) is 0 Å². The summed E-state index contributed by atoms with van der Waals surface area (Å²) in [6.45, 7) is 8.03. The normalized spacial score (nSPS) is 20.5. The minimum absolute atomic E-state index is 0.00694. The summed E-state index contributed by atoms with van der Waals surface area (Å²) in [5, 5.41) is 79.7. The van der Waals surface area contributed by atoms with E-state index in [-0.39, 0.29) is 36.6 Å². The van der Waals surface area contributed by atoms with Gasteiger partial charge in [-0.05, 0) is 223 Å². The van der Waals surface area contributed by atoms with E-state index in [2.05, 4.69) is 38.1 Å². The van der Waals surface area contributed by atoms with Crippen LogP contribution >= 0.6 is 0 Å². The molecule has 8 atom stereocenters. The van der Waals surface area contributed by atoms with Crippen molar-refractivity contribution in [3.63, 3.8) is 0 Å². The molecule has 106 heavy (non-hydrogen) atoms. The molecule has 0 radical (unpaired) electrons. The molecule has 0 heterocycles. The summed E-state index contributed by atoms with van der Waals surface area (Å²) < 4.78 is 33.2. The highest BCUT2D eigenvalue weighted by molar-refractivity contribution is 7.52. The molecule has 8 fully saturated rings. The van der Waals surface area contributed by atoms with Crippen molar-refractivity contribution in [1.29, 1.82) is 0 Å². The molecule has 14 heteroatoms. The molecule has 588 valence electrons. The van der Waals surface area contributed by atoms with E-state index in [0.29, 0.717) is 47.3 Å². The largest absolute Gasteiger partial charge is 0.393 e. The van der Waals surface area contributed by atoms with Crippen LogP contribution in [0.3, 0.4) is 0 Å². The van der Waals surface area contributed by atoms with Gasteiger partial charge in [0, 0.05) is 0 Å². The van der Waals surface area contributed by atoms with Gasteiger partial charge in [-0.15, -0.1) is 0 Å². The van der Waals surface area contributed by atoms with E-state index >= 15 is 0 Å². The lowest BCUT2D eigenvalue weighted by Crippen LogP contribution is -2.29. The molecule has 12 nitrogen and oxygen atoms in total. The van der Waals surface area contributed by atoms with Gasteiger partial charge in [0.1, 0.15) is 0 Å². The second-order valence-corrected chi connectivity index (χ2v) is 31.8. The topological polar surface area (TPSA) is 230 Å². The van der Waals surface area contributed by atoms with E-state index in [1.807, 2.05) is 172 Å².